The Morgan fingerprint density at radius 1 is 0.879 bits per heavy atom. The average Bonchev–Trinajstić information content (AvgIpc) is 3.43. The number of ketones is 1. The molecule has 324 valence electrons. The van der Waals surface area contributed by atoms with Crippen molar-refractivity contribution in [1.29, 1.82) is 0 Å². The molecule has 1 aromatic rings. The number of likely N-dealkylation sites (N-methyl/N-ethyl adjacent to an activating group) is 1. The Hall–Kier alpha value is -2.22. The summed E-state index contributed by atoms with van der Waals surface area (Å²) >= 11 is 6.26. The van der Waals surface area contributed by atoms with Crippen LogP contribution < -0.4 is 0 Å². The molecule has 4 fully saturated rings. The maximum absolute atomic E-state index is 14.2. The van der Waals surface area contributed by atoms with E-state index in [2.05, 4.69) is 70.6 Å². The molecule has 5 aliphatic carbocycles. The van der Waals surface area contributed by atoms with Gasteiger partial charge in [-0.1, -0.05) is 63.9 Å². The fourth-order valence-electron chi connectivity index (χ4n) is 13.4. The molecular formula is C50H77ClN2O5. The van der Waals surface area contributed by atoms with Crippen molar-refractivity contribution in [2.24, 2.45) is 57.2 Å². The summed E-state index contributed by atoms with van der Waals surface area (Å²) < 4.78 is 11.9. The van der Waals surface area contributed by atoms with Crippen LogP contribution in [0.5, 0.6) is 0 Å². The Morgan fingerprint density at radius 2 is 1.52 bits per heavy atom. The number of Topliss-reactive ketones (excluding diaryl/α,β-unsaturated/α-hetero) is 1. The van der Waals surface area contributed by atoms with E-state index in [9.17, 15) is 14.4 Å². The van der Waals surface area contributed by atoms with E-state index in [0.717, 1.165) is 63.3 Å². The molecule has 0 aliphatic heterocycles. The number of ether oxygens (including phenoxy) is 2. The third-order valence-corrected chi connectivity index (χ3v) is 16.4. The quantitative estimate of drug-likeness (QED) is 0.183. The Morgan fingerprint density at radius 3 is 2.16 bits per heavy atom. The van der Waals surface area contributed by atoms with Crippen LogP contribution in [0.3, 0.4) is 0 Å². The van der Waals surface area contributed by atoms with Crippen LogP contribution in [0.25, 0.3) is 0 Å². The SMILES string of the molecule is CC(C)C1=C2[C@H]3CCC4C5(C)CCC(OC(=O)CC(C)(C)C(=O)OC(C)(C)C)C(C)C5CCC4(C)C3CCC2(CCN(CCN(C)C)Cc2ccc(Cl)cc2)CC1=O. The van der Waals surface area contributed by atoms with Gasteiger partial charge in [-0.3, -0.25) is 19.3 Å². The normalized spacial score (nSPS) is 33.8. The van der Waals surface area contributed by atoms with E-state index in [0.29, 0.717) is 35.9 Å². The maximum Gasteiger partial charge on any atom is 0.312 e. The lowest BCUT2D eigenvalue weighted by Crippen LogP contribution is -2.60. The molecule has 0 spiro atoms. The second kappa shape index (κ2) is 16.9. The number of rotatable bonds is 13. The third-order valence-electron chi connectivity index (χ3n) is 16.2. The predicted octanol–water partition coefficient (Wildman–Crippen LogP) is 11.0. The van der Waals surface area contributed by atoms with E-state index in [1.807, 2.05) is 32.9 Å². The summed E-state index contributed by atoms with van der Waals surface area (Å²) in [4.78, 5) is 45.4. The molecule has 0 radical (unpaired) electrons. The highest BCUT2D eigenvalue weighted by molar-refractivity contribution is 6.30. The van der Waals surface area contributed by atoms with Crippen molar-refractivity contribution in [2.75, 3.05) is 33.7 Å². The van der Waals surface area contributed by atoms with Crippen LogP contribution in [-0.4, -0.2) is 73.0 Å². The minimum Gasteiger partial charge on any atom is -0.462 e. The van der Waals surface area contributed by atoms with E-state index in [1.165, 1.54) is 36.8 Å². The molecule has 9 atom stereocenters. The molecule has 7 nitrogen and oxygen atoms in total. The zero-order valence-electron chi connectivity index (χ0n) is 38.3. The van der Waals surface area contributed by atoms with Crippen LogP contribution in [-0.2, 0) is 30.4 Å². The highest BCUT2D eigenvalue weighted by Crippen LogP contribution is 2.72. The molecule has 0 saturated heterocycles. The van der Waals surface area contributed by atoms with E-state index >= 15 is 0 Å². The molecule has 0 heterocycles. The molecule has 6 rings (SSSR count). The van der Waals surface area contributed by atoms with Gasteiger partial charge in [-0.05, 0) is 183 Å². The number of carbonyl (C=O) groups is 3. The van der Waals surface area contributed by atoms with Gasteiger partial charge >= 0.3 is 11.9 Å². The lowest BCUT2D eigenvalue weighted by Gasteiger charge is -2.67. The molecule has 8 unspecified atom stereocenters. The summed E-state index contributed by atoms with van der Waals surface area (Å²) in [6.07, 6.45) is 10.6. The van der Waals surface area contributed by atoms with Crippen molar-refractivity contribution in [3.8, 4) is 0 Å². The lowest BCUT2D eigenvalue weighted by atomic mass is 9.38. The summed E-state index contributed by atoms with van der Waals surface area (Å²) in [5, 5.41) is 0.770. The molecule has 0 N–H and O–H groups in total. The van der Waals surface area contributed by atoms with Gasteiger partial charge < -0.3 is 14.4 Å². The van der Waals surface area contributed by atoms with Crippen LogP contribution >= 0.6 is 11.6 Å². The Bertz CT molecular complexity index is 1710. The van der Waals surface area contributed by atoms with Crippen LogP contribution in [0.1, 0.15) is 145 Å². The van der Waals surface area contributed by atoms with Crippen molar-refractivity contribution in [2.45, 2.75) is 158 Å². The number of nitrogens with zero attached hydrogens (tertiary/aromatic N) is 2. The molecule has 8 heteroatoms. The largest absolute Gasteiger partial charge is 0.462 e. The summed E-state index contributed by atoms with van der Waals surface area (Å²) in [6.45, 7) is 25.0. The number of esters is 2. The molecule has 0 amide bonds. The van der Waals surface area contributed by atoms with E-state index < -0.39 is 11.0 Å². The second-order valence-corrected chi connectivity index (χ2v) is 22.8. The van der Waals surface area contributed by atoms with Crippen molar-refractivity contribution < 1.29 is 23.9 Å². The van der Waals surface area contributed by atoms with Crippen molar-refractivity contribution in [3.63, 3.8) is 0 Å². The standard InChI is InChI=1S/C50H77ClN2O5/c1-32(2)43-39(54)29-50(25-26-53(28-27-52(11)12)31-34-13-15-35(51)16-14-34)24-20-38-36(44(43)50)17-18-41-48(9)23-21-40(33(3)37(48)19-22-49(38,41)10)57-42(55)30-47(7,8)45(56)58-46(4,5)6/h13-16,32-33,36-38,40-41H,17-31H2,1-12H3/t33?,36-,37?,38?,40?,41?,48?,49?,50?/m0/s1. The van der Waals surface area contributed by atoms with Gasteiger partial charge in [0.05, 0.1) is 11.8 Å². The Labute approximate surface area is 356 Å². The number of fused-ring (bicyclic) bond motifs is 7. The summed E-state index contributed by atoms with van der Waals surface area (Å²) in [6, 6.07) is 8.30. The number of hydrogen-bond acceptors (Lipinski definition) is 7. The first kappa shape index (κ1) is 45.3. The first-order valence-electron chi connectivity index (χ1n) is 22.8. The second-order valence-electron chi connectivity index (χ2n) is 22.3. The number of benzene rings is 1. The predicted molar refractivity (Wildman–Crippen MR) is 234 cm³/mol. The molecule has 0 aromatic heterocycles. The van der Waals surface area contributed by atoms with Gasteiger partial charge in [0.1, 0.15) is 11.7 Å². The molecule has 0 bridgehead atoms. The van der Waals surface area contributed by atoms with Gasteiger partial charge in [-0.2, -0.15) is 0 Å². The molecule has 5 aliphatic rings. The summed E-state index contributed by atoms with van der Waals surface area (Å²) in [7, 11) is 4.30. The molecule has 1 aromatic carbocycles. The fourth-order valence-corrected chi connectivity index (χ4v) is 13.5. The fraction of sp³-hybridized carbons (Fsp3) is 0.780. The van der Waals surface area contributed by atoms with E-state index in [4.69, 9.17) is 21.1 Å². The summed E-state index contributed by atoms with van der Waals surface area (Å²) in [5.41, 5.74) is 2.85. The van der Waals surface area contributed by atoms with Crippen molar-refractivity contribution in [1.82, 2.24) is 9.80 Å². The monoisotopic (exact) mass is 821 g/mol. The highest BCUT2D eigenvalue weighted by Gasteiger charge is 2.65. The Kier molecular flexibility index (Phi) is 13.2. The van der Waals surface area contributed by atoms with Gasteiger partial charge in [0.2, 0.25) is 0 Å². The maximum atomic E-state index is 14.2. The van der Waals surface area contributed by atoms with Gasteiger partial charge in [-0.25, -0.2) is 0 Å². The first-order valence-corrected chi connectivity index (χ1v) is 23.2. The van der Waals surface area contributed by atoms with Crippen molar-refractivity contribution in [3.05, 3.63) is 46.0 Å². The van der Waals surface area contributed by atoms with Gasteiger partial charge in [-0.15, -0.1) is 0 Å². The van der Waals surface area contributed by atoms with Gasteiger partial charge in [0, 0.05) is 36.5 Å². The van der Waals surface area contributed by atoms with E-state index in [1.54, 1.807) is 19.4 Å². The topological polar surface area (TPSA) is 76.2 Å². The molecule has 58 heavy (non-hydrogen) atoms. The number of halogens is 1. The number of hydrogen-bond donors (Lipinski definition) is 0. The minimum absolute atomic E-state index is 0.0194. The van der Waals surface area contributed by atoms with Gasteiger partial charge in [0.25, 0.3) is 0 Å². The zero-order chi connectivity index (χ0) is 42.6. The van der Waals surface area contributed by atoms with Crippen LogP contribution in [0.4, 0.5) is 0 Å². The minimum atomic E-state index is -0.947. The van der Waals surface area contributed by atoms with Crippen LogP contribution in [0.15, 0.2) is 35.4 Å². The molecular weight excluding hydrogens is 744 g/mol. The lowest BCUT2D eigenvalue weighted by molar-refractivity contribution is -0.192. The number of allylic oxidation sites excluding steroid dienone is 2. The zero-order valence-corrected chi connectivity index (χ0v) is 39.0. The molecule has 4 saturated carbocycles. The Balaban J connectivity index is 1.18. The van der Waals surface area contributed by atoms with Gasteiger partial charge in [0.15, 0.2) is 5.78 Å². The van der Waals surface area contributed by atoms with Crippen LogP contribution in [0.2, 0.25) is 5.02 Å². The highest BCUT2D eigenvalue weighted by atomic mass is 35.5. The van der Waals surface area contributed by atoms with E-state index in [-0.39, 0.29) is 52.5 Å². The summed E-state index contributed by atoms with van der Waals surface area (Å²) in [5.74, 6) is 2.44. The van der Waals surface area contributed by atoms with Crippen LogP contribution in [0, 0.1) is 57.2 Å². The van der Waals surface area contributed by atoms with Crippen molar-refractivity contribution >= 4 is 29.3 Å². The first-order chi connectivity index (χ1) is 27.0. The average molecular weight is 822 g/mol. The third kappa shape index (κ3) is 9.03. The number of carbonyl (C=O) groups excluding carboxylic acids is 3. The smallest absolute Gasteiger partial charge is 0.312 e.